The van der Waals surface area contributed by atoms with Crippen LogP contribution in [0, 0.1) is 5.82 Å². The third-order valence-corrected chi connectivity index (χ3v) is 6.81. The number of fused-ring (bicyclic) bond motifs is 3. The van der Waals surface area contributed by atoms with Crippen LogP contribution in [0.3, 0.4) is 0 Å². The largest absolute Gasteiger partial charge is 0.369 e. The van der Waals surface area contributed by atoms with E-state index in [4.69, 9.17) is 22.4 Å². The highest BCUT2D eigenvalue weighted by Gasteiger charge is 2.20. The molecule has 196 valence electrons. The molecule has 10 heteroatoms. The van der Waals surface area contributed by atoms with Gasteiger partial charge in [-0.15, -0.1) is 0 Å². The first kappa shape index (κ1) is 25.1. The summed E-state index contributed by atoms with van der Waals surface area (Å²) in [7, 11) is 0. The number of rotatable bonds is 6. The SMILES string of the molecule is NC(=O)Cc1nn(-c2ccc(F)cc2)c2c1cc(-c1cccnc1)c1ccc(NC(=O)c3ccncc3Cl)cc12. The Morgan fingerprint density at radius 3 is 2.45 bits per heavy atom. The smallest absolute Gasteiger partial charge is 0.257 e. The lowest BCUT2D eigenvalue weighted by atomic mass is 9.95. The monoisotopic (exact) mass is 550 g/mol. The van der Waals surface area contributed by atoms with E-state index in [2.05, 4.69) is 15.3 Å². The van der Waals surface area contributed by atoms with Crippen LogP contribution in [0.4, 0.5) is 10.1 Å². The minimum Gasteiger partial charge on any atom is -0.369 e. The molecule has 6 rings (SSSR count). The van der Waals surface area contributed by atoms with Gasteiger partial charge in [0, 0.05) is 46.8 Å². The molecule has 6 aromatic rings. The van der Waals surface area contributed by atoms with Gasteiger partial charge in [-0.05, 0) is 65.5 Å². The van der Waals surface area contributed by atoms with E-state index < -0.39 is 11.8 Å². The zero-order valence-electron chi connectivity index (χ0n) is 20.8. The van der Waals surface area contributed by atoms with Crippen LogP contribution >= 0.6 is 11.6 Å². The van der Waals surface area contributed by atoms with Gasteiger partial charge in [0.2, 0.25) is 5.91 Å². The fraction of sp³-hybridized carbons (Fsp3) is 0.0333. The summed E-state index contributed by atoms with van der Waals surface area (Å²) >= 11 is 6.19. The lowest BCUT2D eigenvalue weighted by Crippen LogP contribution is -2.14. The fourth-order valence-electron chi connectivity index (χ4n) is 4.74. The number of hydrogen-bond acceptors (Lipinski definition) is 5. The lowest BCUT2D eigenvalue weighted by Gasteiger charge is -2.13. The Morgan fingerprint density at radius 1 is 0.925 bits per heavy atom. The maximum absolute atomic E-state index is 13.8. The van der Waals surface area contributed by atoms with Crippen LogP contribution < -0.4 is 11.1 Å². The van der Waals surface area contributed by atoms with Crippen LogP contribution in [0.25, 0.3) is 38.5 Å². The van der Waals surface area contributed by atoms with Gasteiger partial charge in [0.25, 0.3) is 5.91 Å². The summed E-state index contributed by atoms with van der Waals surface area (Å²) in [6.07, 6.45) is 6.24. The van der Waals surface area contributed by atoms with E-state index in [1.807, 2.05) is 30.3 Å². The number of nitrogens with two attached hydrogens (primary N) is 1. The van der Waals surface area contributed by atoms with Crippen molar-refractivity contribution in [3.8, 4) is 16.8 Å². The summed E-state index contributed by atoms with van der Waals surface area (Å²) in [4.78, 5) is 33.2. The summed E-state index contributed by atoms with van der Waals surface area (Å²) in [5, 5.41) is 10.1. The van der Waals surface area contributed by atoms with Crippen LogP contribution in [0.5, 0.6) is 0 Å². The van der Waals surface area contributed by atoms with E-state index in [0.29, 0.717) is 28.0 Å². The van der Waals surface area contributed by atoms with Crippen molar-refractivity contribution in [2.24, 2.45) is 5.73 Å². The number of amides is 2. The number of halogens is 2. The molecule has 40 heavy (non-hydrogen) atoms. The number of pyridine rings is 2. The number of nitrogens with one attached hydrogen (secondary N) is 1. The van der Waals surface area contributed by atoms with E-state index in [1.165, 1.54) is 30.6 Å². The average molecular weight is 551 g/mol. The molecule has 0 fully saturated rings. The number of carbonyl (C=O) groups is 2. The maximum atomic E-state index is 13.8. The highest BCUT2D eigenvalue weighted by Crippen LogP contribution is 2.38. The van der Waals surface area contributed by atoms with Gasteiger partial charge in [0.1, 0.15) is 5.82 Å². The quantitative estimate of drug-likeness (QED) is 0.276. The van der Waals surface area contributed by atoms with Crippen LogP contribution in [0.15, 0.2) is 91.5 Å². The van der Waals surface area contributed by atoms with Gasteiger partial charge in [-0.3, -0.25) is 19.6 Å². The number of carbonyl (C=O) groups excluding carboxylic acids is 2. The molecule has 0 saturated carbocycles. The van der Waals surface area contributed by atoms with Crippen molar-refractivity contribution in [3.63, 3.8) is 0 Å². The molecule has 0 aliphatic carbocycles. The van der Waals surface area contributed by atoms with Crippen LogP contribution in [-0.2, 0) is 11.2 Å². The summed E-state index contributed by atoms with van der Waals surface area (Å²) in [6, 6.07) is 18.7. The predicted molar refractivity (Wildman–Crippen MR) is 152 cm³/mol. The molecule has 8 nitrogen and oxygen atoms in total. The van der Waals surface area contributed by atoms with Gasteiger partial charge in [0.15, 0.2) is 0 Å². The van der Waals surface area contributed by atoms with E-state index in [0.717, 1.165) is 21.9 Å². The number of hydrogen-bond donors (Lipinski definition) is 2. The Balaban J connectivity index is 1.63. The molecule has 3 aromatic heterocycles. The van der Waals surface area contributed by atoms with E-state index in [9.17, 15) is 14.0 Å². The molecule has 0 saturated heterocycles. The van der Waals surface area contributed by atoms with Crippen molar-refractivity contribution < 1.29 is 14.0 Å². The van der Waals surface area contributed by atoms with Gasteiger partial charge in [0.05, 0.1) is 33.9 Å². The molecule has 2 amide bonds. The Hall–Kier alpha value is -5.15. The summed E-state index contributed by atoms with van der Waals surface area (Å²) in [6.45, 7) is 0. The van der Waals surface area contributed by atoms with E-state index >= 15 is 0 Å². The fourth-order valence-corrected chi connectivity index (χ4v) is 4.95. The number of nitrogens with zero attached hydrogens (tertiary/aromatic N) is 4. The van der Waals surface area contributed by atoms with Gasteiger partial charge in [-0.25, -0.2) is 9.07 Å². The third kappa shape index (κ3) is 4.63. The Labute approximate surface area is 232 Å². The number of primary amides is 1. The first-order chi connectivity index (χ1) is 19.4. The first-order valence-corrected chi connectivity index (χ1v) is 12.6. The van der Waals surface area contributed by atoms with Crippen molar-refractivity contribution >= 4 is 50.8 Å². The maximum Gasteiger partial charge on any atom is 0.257 e. The van der Waals surface area contributed by atoms with Crippen molar-refractivity contribution in [2.45, 2.75) is 6.42 Å². The Kier molecular flexibility index (Phi) is 6.41. The van der Waals surface area contributed by atoms with E-state index in [1.54, 1.807) is 35.3 Å². The zero-order chi connectivity index (χ0) is 27.8. The van der Waals surface area contributed by atoms with Crippen molar-refractivity contribution in [2.75, 3.05) is 5.32 Å². The van der Waals surface area contributed by atoms with Crippen LogP contribution in [-0.4, -0.2) is 31.6 Å². The Bertz CT molecular complexity index is 1920. The minimum absolute atomic E-state index is 0.0976. The van der Waals surface area contributed by atoms with Gasteiger partial charge < -0.3 is 11.1 Å². The molecule has 0 radical (unpaired) electrons. The van der Waals surface area contributed by atoms with Crippen molar-refractivity contribution in [1.82, 2.24) is 19.7 Å². The highest BCUT2D eigenvalue weighted by molar-refractivity contribution is 6.34. The molecular weight excluding hydrogens is 531 g/mol. The summed E-state index contributed by atoms with van der Waals surface area (Å²) in [5.74, 6) is -1.32. The average Bonchev–Trinajstić information content (AvgIpc) is 3.31. The molecule has 3 N–H and O–H groups in total. The standard InChI is InChI=1S/C30H20ClFN6O2/c31-26-16-35-11-9-22(26)30(40)36-19-5-8-21-23(17-2-1-10-34-15-17)13-25-27(14-28(33)39)37-38(29(25)24(21)12-19)20-6-3-18(32)4-7-20/h1-13,15-16H,14H2,(H2,33,39)(H,36,40). The molecule has 0 unspecified atom stereocenters. The second-order valence-electron chi connectivity index (χ2n) is 9.11. The van der Waals surface area contributed by atoms with Crippen molar-refractivity contribution in [1.29, 1.82) is 0 Å². The molecule has 3 aromatic carbocycles. The first-order valence-electron chi connectivity index (χ1n) is 12.2. The van der Waals surface area contributed by atoms with Crippen LogP contribution in [0.2, 0.25) is 5.02 Å². The molecule has 3 heterocycles. The second-order valence-corrected chi connectivity index (χ2v) is 9.52. The third-order valence-electron chi connectivity index (χ3n) is 6.51. The molecule has 0 bridgehead atoms. The molecule has 0 spiro atoms. The minimum atomic E-state index is -0.538. The van der Waals surface area contributed by atoms with Gasteiger partial charge in [-0.1, -0.05) is 23.7 Å². The van der Waals surface area contributed by atoms with Gasteiger partial charge >= 0.3 is 0 Å². The normalized spacial score (nSPS) is 11.2. The summed E-state index contributed by atoms with van der Waals surface area (Å²) in [5.41, 5.74) is 9.82. The topological polar surface area (TPSA) is 116 Å². The number of anilines is 1. The lowest BCUT2D eigenvalue weighted by molar-refractivity contribution is -0.117. The highest BCUT2D eigenvalue weighted by atomic mass is 35.5. The molecule has 0 aliphatic rings. The second kappa shape index (κ2) is 10.2. The van der Waals surface area contributed by atoms with Crippen molar-refractivity contribution in [3.05, 3.63) is 114 Å². The zero-order valence-corrected chi connectivity index (χ0v) is 21.6. The summed E-state index contributed by atoms with van der Waals surface area (Å²) < 4.78 is 15.4. The number of benzene rings is 3. The molecular formula is C30H20ClFN6O2. The van der Waals surface area contributed by atoms with E-state index in [-0.39, 0.29) is 22.8 Å². The molecule has 0 aliphatic heterocycles. The van der Waals surface area contributed by atoms with Gasteiger partial charge in [-0.2, -0.15) is 5.10 Å². The predicted octanol–water partition coefficient (Wildman–Crippen LogP) is 5.71. The molecule has 0 atom stereocenters. The van der Waals surface area contributed by atoms with Crippen LogP contribution in [0.1, 0.15) is 16.1 Å². The Morgan fingerprint density at radius 2 is 1.73 bits per heavy atom. The number of aromatic nitrogens is 4.